The van der Waals surface area contributed by atoms with Crippen molar-refractivity contribution in [1.82, 2.24) is 10.2 Å². The number of nitrogens with one attached hydrogen (secondary N) is 1. The molecule has 1 heterocycles. The topological polar surface area (TPSA) is 58.6 Å². The average Bonchev–Trinajstić information content (AvgIpc) is 2.85. The van der Waals surface area contributed by atoms with Gasteiger partial charge in [0.2, 0.25) is 5.91 Å². The number of nitrogens with zero attached hydrogens (tertiary/aromatic N) is 1. The van der Waals surface area contributed by atoms with Crippen LogP contribution in [0.15, 0.2) is 91.0 Å². The van der Waals surface area contributed by atoms with E-state index in [0.29, 0.717) is 25.9 Å². The highest BCUT2D eigenvalue weighted by molar-refractivity contribution is 5.87. The first-order valence-electron chi connectivity index (χ1n) is 11.1. The molecule has 2 amide bonds. The number of carbonyl (C=O) groups excluding carboxylic acids is 2. The van der Waals surface area contributed by atoms with Crippen LogP contribution in [-0.4, -0.2) is 36.0 Å². The first-order valence-corrected chi connectivity index (χ1v) is 11.1. The summed E-state index contributed by atoms with van der Waals surface area (Å²) in [7, 11) is 0. The van der Waals surface area contributed by atoms with Gasteiger partial charge in [0.1, 0.15) is 6.61 Å². The number of ether oxygens (including phenoxy) is 1. The third-order valence-corrected chi connectivity index (χ3v) is 5.85. The minimum absolute atomic E-state index is 0.00854. The van der Waals surface area contributed by atoms with Gasteiger partial charge in [-0.25, -0.2) is 4.79 Å². The Bertz CT molecular complexity index is 961. The molecular weight excluding hydrogens is 400 g/mol. The molecule has 1 aliphatic heterocycles. The number of hydrogen-bond acceptors (Lipinski definition) is 3. The summed E-state index contributed by atoms with van der Waals surface area (Å²) in [5.74, 6) is -0.217. The molecule has 1 aliphatic rings. The van der Waals surface area contributed by atoms with Crippen molar-refractivity contribution in [3.05, 3.63) is 108 Å². The van der Waals surface area contributed by atoms with Gasteiger partial charge < -0.3 is 15.0 Å². The van der Waals surface area contributed by atoms with Crippen molar-refractivity contribution in [3.63, 3.8) is 0 Å². The molecular formula is C27H28N2O3. The Morgan fingerprint density at radius 1 is 0.812 bits per heavy atom. The second-order valence-corrected chi connectivity index (χ2v) is 8.06. The molecule has 0 spiro atoms. The van der Waals surface area contributed by atoms with Gasteiger partial charge in [-0.3, -0.25) is 4.79 Å². The van der Waals surface area contributed by atoms with Gasteiger partial charge in [-0.15, -0.1) is 0 Å². The third kappa shape index (κ3) is 5.55. The van der Waals surface area contributed by atoms with E-state index in [1.807, 2.05) is 95.9 Å². The van der Waals surface area contributed by atoms with E-state index < -0.39 is 6.09 Å². The smallest absolute Gasteiger partial charge is 0.407 e. The molecule has 1 saturated heterocycles. The molecule has 164 valence electrons. The molecule has 3 aromatic rings. The summed E-state index contributed by atoms with van der Waals surface area (Å²) in [6.07, 6.45) is 1.01. The number of rotatable bonds is 6. The Morgan fingerprint density at radius 3 is 1.84 bits per heavy atom. The molecule has 5 nitrogen and oxygen atoms in total. The maximum atomic E-state index is 13.5. The van der Waals surface area contributed by atoms with Crippen LogP contribution < -0.4 is 5.32 Å². The first kappa shape index (κ1) is 21.6. The summed E-state index contributed by atoms with van der Waals surface area (Å²) in [6.45, 7) is 1.47. The van der Waals surface area contributed by atoms with Crippen molar-refractivity contribution in [1.29, 1.82) is 0 Å². The van der Waals surface area contributed by atoms with Crippen LogP contribution in [0.5, 0.6) is 0 Å². The Hall–Kier alpha value is -3.60. The van der Waals surface area contributed by atoms with Crippen molar-refractivity contribution in [2.24, 2.45) is 0 Å². The van der Waals surface area contributed by atoms with Gasteiger partial charge in [-0.05, 0) is 29.5 Å². The van der Waals surface area contributed by atoms with Crippen molar-refractivity contribution in [2.75, 3.05) is 13.1 Å². The predicted octanol–water partition coefficient (Wildman–Crippen LogP) is 4.74. The lowest BCUT2D eigenvalue weighted by atomic mass is 9.89. The number of amides is 2. The molecule has 0 unspecified atom stereocenters. The first-order chi connectivity index (χ1) is 15.7. The minimum atomic E-state index is -0.412. The van der Waals surface area contributed by atoms with Gasteiger partial charge in [-0.2, -0.15) is 0 Å². The van der Waals surface area contributed by atoms with Crippen molar-refractivity contribution < 1.29 is 14.3 Å². The summed E-state index contributed by atoms with van der Waals surface area (Å²) in [5.41, 5.74) is 2.94. The zero-order chi connectivity index (χ0) is 22.2. The summed E-state index contributed by atoms with van der Waals surface area (Å²) in [6, 6.07) is 29.4. The number of alkyl carbamates (subject to hydrolysis) is 1. The lowest BCUT2D eigenvalue weighted by molar-refractivity contribution is -0.133. The molecule has 0 atom stereocenters. The van der Waals surface area contributed by atoms with E-state index in [9.17, 15) is 9.59 Å². The highest BCUT2D eigenvalue weighted by Gasteiger charge is 2.30. The van der Waals surface area contributed by atoms with Gasteiger partial charge >= 0.3 is 6.09 Å². The van der Waals surface area contributed by atoms with Crippen molar-refractivity contribution in [3.8, 4) is 0 Å². The maximum Gasteiger partial charge on any atom is 0.407 e. The van der Waals surface area contributed by atoms with Crippen LogP contribution in [0.1, 0.15) is 35.4 Å². The van der Waals surface area contributed by atoms with Crippen LogP contribution in [0.3, 0.4) is 0 Å². The fraction of sp³-hybridized carbons (Fsp3) is 0.259. The average molecular weight is 429 g/mol. The molecule has 3 aromatic carbocycles. The van der Waals surface area contributed by atoms with Gasteiger partial charge in [0, 0.05) is 19.1 Å². The van der Waals surface area contributed by atoms with E-state index in [1.54, 1.807) is 0 Å². The number of benzene rings is 3. The second kappa shape index (κ2) is 10.6. The minimum Gasteiger partial charge on any atom is -0.445 e. The number of carbonyl (C=O) groups is 2. The van der Waals surface area contributed by atoms with E-state index in [2.05, 4.69) is 5.32 Å². The largest absolute Gasteiger partial charge is 0.445 e. The van der Waals surface area contributed by atoms with Gasteiger partial charge in [0.05, 0.1) is 5.92 Å². The quantitative estimate of drug-likeness (QED) is 0.617. The van der Waals surface area contributed by atoms with E-state index in [-0.39, 0.29) is 24.5 Å². The summed E-state index contributed by atoms with van der Waals surface area (Å²) in [4.78, 5) is 27.6. The number of hydrogen-bond donors (Lipinski definition) is 1. The highest BCUT2D eigenvalue weighted by atomic mass is 16.5. The van der Waals surface area contributed by atoms with Gasteiger partial charge in [-0.1, -0.05) is 91.0 Å². The van der Waals surface area contributed by atoms with Crippen LogP contribution in [0, 0.1) is 0 Å². The zero-order valence-electron chi connectivity index (χ0n) is 18.0. The van der Waals surface area contributed by atoms with Gasteiger partial charge in [0.15, 0.2) is 0 Å². The van der Waals surface area contributed by atoms with Crippen LogP contribution in [-0.2, 0) is 16.1 Å². The summed E-state index contributed by atoms with van der Waals surface area (Å²) < 4.78 is 5.33. The highest BCUT2D eigenvalue weighted by Crippen LogP contribution is 2.28. The molecule has 1 fully saturated rings. The Kier molecular flexibility index (Phi) is 7.18. The van der Waals surface area contributed by atoms with E-state index in [0.717, 1.165) is 16.7 Å². The van der Waals surface area contributed by atoms with Crippen LogP contribution >= 0.6 is 0 Å². The summed E-state index contributed by atoms with van der Waals surface area (Å²) >= 11 is 0. The molecule has 4 rings (SSSR count). The summed E-state index contributed by atoms with van der Waals surface area (Å²) in [5, 5.41) is 2.94. The number of likely N-dealkylation sites (tertiary alicyclic amines) is 1. The molecule has 0 aromatic heterocycles. The SMILES string of the molecule is O=C(NC1CCN(C(=O)C(c2ccccc2)c2ccccc2)CC1)OCc1ccccc1. The molecule has 5 heteroatoms. The second-order valence-electron chi connectivity index (χ2n) is 8.06. The lowest BCUT2D eigenvalue weighted by Crippen LogP contribution is -2.47. The zero-order valence-corrected chi connectivity index (χ0v) is 18.0. The van der Waals surface area contributed by atoms with Crippen molar-refractivity contribution >= 4 is 12.0 Å². The predicted molar refractivity (Wildman–Crippen MR) is 124 cm³/mol. The van der Waals surface area contributed by atoms with Crippen LogP contribution in [0.4, 0.5) is 4.79 Å². The fourth-order valence-electron chi connectivity index (χ4n) is 4.13. The normalized spacial score (nSPS) is 14.2. The Balaban J connectivity index is 1.33. The molecule has 0 aliphatic carbocycles. The molecule has 0 bridgehead atoms. The lowest BCUT2D eigenvalue weighted by Gasteiger charge is -2.34. The molecule has 0 saturated carbocycles. The number of piperidine rings is 1. The Morgan fingerprint density at radius 2 is 1.31 bits per heavy atom. The fourth-order valence-corrected chi connectivity index (χ4v) is 4.13. The van der Waals surface area contributed by atoms with E-state index in [4.69, 9.17) is 4.74 Å². The monoisotopic (exact) mass is 428 g/mol. The maximum absolute atomic E-state index is 13.5. The standard InChI is InChI=1S/C27H28N2O3/c30-26(25(22-12-6-2-7-13-22)23-14-8-3-9-15-23)29-18-16-24(17-19-29)28-27(31)32-20-21-10-4-1-5-11-21/h1-15,24-25H,16-20H2,(H,28,31). The van der Waals surface area contributed by atoms with E-state index >= 15 is 0 Å². The Labute approximate surface area is 189 Å². The van der Waals surface area contributed by atoms with Crippen LogP contribution in [0.2, 0.25) is 0 Å². The molecule has 0 radical (unpaired) electrons. The van der Waals surface area contributed by atoms with E-state index in [1.165, 1.54) is 0 Å². The van der Waals surface area contributed by atoms with Crippen LogP contribution in [0.25, 0.3) is 0 Å². The third-order valence-electron chi connectivity index (χ3n) is 5.85. The molecule has 32 heavy (non-hydrogen) atoms. The van der Waals surface area contributed by atoms with Crippen molar-refractivity contribution in [2.45, 2.75) is 31.4 Å². The van der Waals surface area contributed by atoms with Gasteiger partial charge in [0.25, 0.3) is 0 Å². The molecule has 1 N–H and O–H groups in total.